The van der Waals surface area contributed by atoms with Crippen molar-refractivity contribution in [1.82, 2.24) is 5.32 Å². The first-order valence-electron chi connectivity index (χ1n) is 4.38. The summed E-state index contributed by atoms with van der Waals surface area (Å²) >= 11 is 0. The highest BCUT2D eigenvalue weighted by Crippen LogP contribution is 2.20. The number of hydrogen-bond acceptors (Lipinski definition) is 2. The Labute approximate surface area is 73.5 Å². The second-order valence-electron chi connectivity index (χ2n) is 3.98. The highest BCUT2D eigenvalue weighted by molar-refractivity contribution is 5.77. The average Bonchev–Trinajstić information content (AvgIpc) is 2.70. The summed E-state index contributed by atoms with van der Waals surface area (Å²) in [6.07, 6.45) is 2.72. The van der Waals surface area contributed by atoms with Crippen molar-refractivity contribution in [3.8, 4) is 0 Å². The maximum absolute atomic E-state index is 11.3. The van der Waals surface area contributed by atoms with Gasteiger partial charge in [0.05, 0.1) is 12.0 Å². The van der Waals surface area contributed by atoms with Crippen molar-refractivity contribution in [3.63, 3.8) is 0 Å². The smallest absolute Gasteiger partial charge is 0.223 e. The Hall–Kier alpha value is -0.570. The molecule has 3 heteroatoms. The molecular weight excluding hydrogens is 154 g/mol. The Morgan fingerprint density at radius 2 is 2.17 bits per heavy atom. The van der Waals surface area contributed by atoms with E-state index in [1.165, 1.54) is 0 Å². The van der Waals surface area contributed by atoms with E-state index in [0.717, 1.165) is 12.8 Å². The van der Waals surface area contributed by atoms with Gasteiger partial charge in [-0.2, -0.15) is 0 Å². The zero-order chi connectivity index (χ0) is 9.19. The van der Waals surface area contributed by atoms with Crippen LogP contribution in [-0.2, 0) is 9.53 Å². The fourth-order valence-electron chi connectivity index (χ4n) is 0.965. The van der Waals surface area contributed by atoms with Gasteiger partial charge in [-0.3, -0.25) is 4.79 Å². The van der Waals surface area contributed by atoms with Gasteiger partial charge in [-0.15, -0.1) is 0 Å². The van der Waals surface area contributed by atoms with Crippen molar-refractivity contribution >= 4 is 5.91 Å². The molecule has 1 amide bonds. The molecule has 1 saturated carbocycles. The molecule has 0 radical (unpaired) electrons. The third-order valence-electron chi connectivity index (χ3n) is 2.08. The highest BCUT2D eigenvalue weighted by atomic mass is 16.5. The molecule has 0 heterocycles. The molecular formula is C9H17NO2. The molecule has 12 heavy (non-hydrogen) atoms. The van der Waals surface area contributed by atoms with Crippen LogP contribution < -0.4 is 5.32 Å². The lowest BCUT2D eigenvalue weighted by Crippen LogP contribution is -2.34. The van der Waals surface area contributed by atoms with Crippen molar-refractivity contribution in [2.45, 2.75) is 44.8 Å². The van der Waals surface area contributed by atoms with Gasteiger partial charge in [0, 0.05) is 13.2 Å². The molecule has 1 N–H and O–H groups in total. The van der Waals surface area contributed by atoms with Crippen LogP contribution in [0.2, 0.25) is 0 Å². The summed E-state index contributed by atoms with van der Waals surface area (Å²) in [6.45, 7) is 3.83. The number of carbonyl (C=O) groups is 1. The van der Waals surface area contributed by atoms with Crippen molar-refractivity contribution in [2.75, 3.05) is 7.11 Å². The van der Waals surface area contributed by atoms with Crippen molar-refractivity contribution in [2.24, 2.45) is 0 Å². The summed E-state index contributed by atoms with van der Waals surface area (Å²) in [5.41, 5.74) is -0.334. The molecule has 1 rings (SSSR count). The first kappa shape index (κ1) is 9.52. The van der Waals surface area contributed by atoms with Crippen LogP contribution in [0.1, 0.15) is 33.1 Å². The normalized spacial score (nSPS) is 17.6. The van der Waals surface area contributed by atoms with E-state index in [9.17, 15) is 4.79 Å². The first-order valence-corrected chi connectivity index (χ1v) is 4.38. The molecule has 0 aliphatic heterocycles. The van der Waals surface area contributed by atoms with Gasteiger partial charge in [-0.1, -0.05) is 0 Å². The molecule has 0 aromatic rings. The van der Waals surface area contributed by atoms with E-state index < -0.39 is 0 Å². The minimum atomic E-state index is -0.334. The van der Waals surface area contributed by atoms with E-state index in [1.807, 2.05) is 13.8 Å². The number of amides is 1. The Bertz CT molecular complexity index is 173. The van der Waals surface area contributed by atoms with Gasteiger partial charge in [-0.05, 0) is 26.7 Å². The third kappa shape index (κ3) is 3.22. The Balaban J connectivity index is 2.23. The van der Waals surface area contributed by atoms with Gasteiger partial charge in [0.1, 0.15) is 0 Å². The van der Waals surface area contributed by atoms with Crippen LogP contribution in [0.25, 0.3) is 0 Å². The van der Waals surface area contributed by atoms with Gasteiger partial charge in [0.15, 0.2) is 0 Å². The predicted octanol–water partition coefficient (Wildman–Crippen LogP) is 1.08. The summed E-state index contributed by atoms with van der Waals surface area (Å²) in [4.78, 5) is 11.3. The van der Waals surface area contributed by atoms with Gasteiger partial charge in [0.2, 0.25) is 5.91 Å². The molecule has 0 saturated heterocycles. The van der Waals surface area contributed by atoms with Crippen LogP contribution in [0.4, 0.5) is 0 Å². The van der Waals surface area contributed by atoms with Crippen LogP contribution in [-0.4, -0.2) is 24.7 Å². The lowest BCUT2D eigenvalue weighted by atomic mass is 10.1. The zero-order valence-corrected chi connectivity index (χ0v) is 8.02. The molecule has 0 spiro atoms. The summed E-state index contributed by atoms with van der Waals surface area (Å²) in [5.74, 6) is 0.101. The molecule has 70 valence electrons. The monoisotopic (exact) mass is 171 g/mol. The van der Waals surface area contributed by atoms with Gasteiger partial charge < -0.3 is 10.1 Å². The van der Waals surface area contributed by atoms with E-state index >= 15 is 0 Å². The number of carbonyl (C=O) groups excluding carboxylic acids is 1. The standard InChI is InChI=1S/C9H17NO2/c1-9(2,12-3)6-8(11)10-7-4-5-7/h7H,4-6H2,1-3H3,(H,10,11). The number of nitrogens with one attached hydrogen (secondary N) is 1. The third-order valence-corrected chi connectivity index (χ3v) is 2.08. The van der Waals surface area contributed by atoms with Crippen LogP contribution in [0.5, 0.6) is 0 Å². The molecule has 1 fully saturated rings. The van der Waals surface area contributed by atoms with Crippen LogP contribution >= 0.6 is 0 Å². The highest BCUT2D eigenvalue weighted by Gasteiger charge is 2.27. The molecule has 0 atom stereocenters. The van der Waals surface area contributed by atoms with Gasteiger partial charge in [0.25, 0.3) is 0 Å². The molecule has 0 bridgehead atoms. The summed E-state index contributed by atoms with van der Waals surface area (Å²) in [7, 11) is 1.63. The molecule has 1 aliphatic carbocycles. The predicted molar refractivity (Wildman–Crippen MR) is 46.9 cm³/mol. The minimum Gasteiger partial charge on any atom is -0.378 e. The quantitative estimate of drug-likeness (QED) is 0.687. The van der Waals surface area contributed by atoms with Crippen molar-refractivity contribution in [3.05, 3.63) is 0 Å². The van der Waals surface area contributed by atoms with E-state index in [0.29, 0.717) is 12.5 Å². The second-order valence-corrected chi connectivity index (χ2v) is 3.98. The number of rotatable bonds is 4. The summed E-state index contributed by atoms with van der Waals surface area (Å²) in [5, 5.41) is 2.93. The maximum Gasteiger partial charge on any atom is 0.223 e. The van der Waals surface area contributed by atoms with Crippen LogP contribution in [0.3, 0.4) is 0 Å². The topological polar surface area (TPSA) is 38.3 Å². The van der Waals surface area contributed by atoms with Crippen LogP contribution in [0.15, 0.2) is 0 Å². The average molecular weight is 171 g/mol. The van der Waals surface area contributed by atoms with E-state index in [2.05, 4.69) is 5.32 Å². The fraction of sp³-hybridized carbons (Fsp3) is 0.889. The van der Waals surface area contributed by atoms with Gasteiger partial charge in [-0.25, -0.2) is 0 Å². The summed E-state index contributed by atoms with van der Waals surface area (Å²) in [6, 6.07) is 0.449. The maximum atomic E-state index is 11.3. The zero-order valence-electron chi connectivity index (χ0n) is 8.02. The Morgan fingerprint density at radius 1 is 1.58 bits per heavy atom. The van der Waals surface area contributed by atoms with E-state index in [-0.39, 0.29) is 11.5 Å². The molecule has 0 aromatic carbocycles. The van der Waals surface area contributed by atoms with Crippen LogP contribution in [0, 0.1) is 0 Å². The first-order chi connectivity index (χ1) is 5.53. The van der Waals surface area contributed by atoms with Crippen molar-refractivity contribution in [1.29, 1.82) is 0 Å². The molecule has 0 unspecified atom stereocenters. The fourth-order valence-corrected chi connectivity index (χ4v) is 0.965. The van der Waals surface area contributed by atoms with E-state index in [1.54, 1.807) is 7.11 Å². The second kappa shape index (κ2) is 3.44. The molecule has 3 nitrogen and oxygen atoms in total. The minimum absolute atomic E-state index is 0.101. The largest absolute Gasteiger partial charge is 0.378 e. The number of hydrogen-bond donors (Lipinski definition) is 1. The molecule has 0 aromatic heterocycles. The van der Waals surface area contributed by atoms with E-state index in [4.69, 9.17) is 4.74 Å². The summed E-state index contributed by atoms with van der Waals surface area (Å²) < 4.78 is 5.15. The Morgan fingerprint density at radius 3 is 2.58 bits per heavy atom. The lowest BCUT2D eigenvalue weighted by Gasteiger charge is -2.21. The molecule has 1 aliphatic rings. The SMILES string of the molecule is COC(C)(C)CC(=O)NC1CC1. The Kier molecular flexibility index (Phi) is 2.73. The van der Waals surface area contributed by atoms with Crippen molar-refractivity contribution < 1.29 is 9.53 Å². The lowest BCUT2D eigenvalue weighted by molar-refractivity contribution is -0.126. The number of methoxy groups -OCH3 is 1. The van der Waals surface area contributed by atoms with Gasteiger partial charge >= 0.3 is 0 Å². The number of ether oxygens (including phenoxy) is 1.